The molecule has 1 N–H and O–H groups in total. The van der Waals surface area contributed by atoms with E-state index in [-0.39, 0.29) is 22.2 Å². The van der Waals surface area contributed by atoms with Gasteiger partial charge in [-0.3, -0.25) is 9.69 Å². The van der Waals surface area contributed by atoms with Gasteiger partial charge in [0.25, 0.3) is 0 Å². The maximum atomic E-state index is 13.1. The van der Waals surface area contributed by atoms with Crippen molar-refractivity contribution in [1.29, 1.82) is 0 Å². The van der Waals surface area contributed by atoms with Crippen molar-refractivity contribution in [3.05, 3.63) is 0 Å². The zero-order valence-corrected chi connectivity index (χ0v) is 27.9. The summed E-state index contributed by atoms with van der Waals surface area (Å²) in [4.78, 5) is 15.5. The lowest BCUT2D eigenvalue weighted by molar-refractivity contribution is -0.156. The maximum Gasteiger partial charge on any atom is 0.165 e. The summed E-state index contributed by atoms with van der Waals surface area (Å²) in [6.07, 6.45) is 7.52. The molecule has 1 aliphatic rings. The number of hydrogen-bond donors (Lipinski definition) is 1. The first kappa shape index (κ1) is 37.5. The van der Waals surface area contributed by atoms with Crippen molar-refractivity contribution in [2.24, 2.45) is 10.8 Å². The number of ketones is 1. The third-order valence-electron chi connectivity index (χ3n) is 8.58. The van der Waals surface area contributed by atoms with Crippen LogP contribution in [0.5, 0.6) is 0 Å². The number of rotatable bonds is 19. The van der Waals surface area contributed by atoms with Crippen LogP contribution in [0.4, 0.5) is 0 Å². The largest absolute Gasteiger partial charge is 0.390 e. The van der Waals surface area contributed by atoms with Crippen molar-refractivity contribution in [3.8, 4) is 0 Å². The van der Waals surface area contributed by atoms with Crippen molar-refractivity contribution < 1.29 is 19.4 Å². The lowest BCUT2D eigenvalue weighted by Crippen LogP contribution is -2.45. The summed E-state index contributed by atoms with van der Waals surface area (Å²) in [6, 6.07) is 0.617. The molecule has 228 valence electrons. The van der Waals surface area contributed by atoms with Gasteiger partial charge in [0.15, 0.2) is 5.78 Å². The minimum atomic E-state index is -0.728. The third-order valence-corrected chi connectivity index (χ3v) is 8.58. The number of aliphatic hydroxyl groups is 1. The monoisotopic (exact) mass is 542 g/mol. The minimum Gasteiger partial charge on any atom is -0.390 e. The molecule has 0 aromatic carbocycles. The van der Waals surface area contributed by atoms with Crippen LogP contribution in [0.3, 0.4) is 0 Å². The minimum absolute atomic E-state index is 0.00871. The molecule has 0 aromatic rings. The van der Waals surface area contributed by atoms with Crippen LogP contribution in [0.15, 0.2) is 0 Å². The fourth-order valence-corrected chi connectivity index (χ4v) is 6.54. The number of carbonyl (C=O) groups is 1. The van der Waals surface area contributed by atoms with Crippen LogP contribution in [0.1, 0.15) is 148 Å². The molecule has 5 nitrogen and oxygen atoms in total. The average Bonchev–Trinajstić information content (AvgIpc) is 3.56. The van der Waals surface area contributed by atoms with E-state index < -0.39 is 11.2 Å². The highest BCUT2D eigenvalue weighted by Gasteiger charge is 2.44. The molecule has 38 heavy (non-hydrogen) atoms. The lowest BCUT2D eigenvalue weighted by Gasteiger charge is -2.47. The van der Waals surface area contributed by atoms with Gasteiger partial charge in [0.1, 0.15) is 5.60 Å². The van der Waals surface area contributed by atoms with Gasteiger partial charge in [-0.1, -0.05) is 75.7 Å². The summed E-state index contributed by atoms with van der Waals surface area (Å²) >= 11 is 0. The van der Waals surface area contributed by atoms with E-state index in [4.69, 9.17) is 9.47 Å². The van der Waals surface area contributed by atoms with E-state index in [0.29, 0.717) is 38.5 Å². The van der Waals surface area contributed by atoms with Gasteiger partial charge in [-0.05, 0) is 76.5 Å². The standard InChI is InChI=1S/C31H61NO4.C2H6/c1-12-29(22-27(7,8)9,23-28(10,11)34)24-30(13-2,14-3)35-19-20-36-31(15-4,16-5)26(33)17-18-32-21-25(32)6;1-2/h25,34H,12-24H2,1-11H3;1-2H3. The number of Topliss-reactive ketones (excluding diaryl/α,β-unsaturated/α-hetero) is 1. The highest BCUT2D eigenvalue weighted by Crippen LogP contribution is 2.49. The van der Waals surface area contributed by atoms with Crippen molar-refractivity contribution in [1.82, 2.24) is 4.90 Å². The summed E-state index contributed by atoms with van der Waals surface area (Å²) in [7, 11) is 0. The second-order valence-corrected chi connectivity index (χ2v) is 13.6. The van der Waals surface area contributed by atoms with E-state index in [1.165, 1.54) is 0 Å². The Hall–Kier alpha value is -0.490. The van der Waals surface area contributed by atoms with Gasteiger partial charge < -0.3 is 14.6 Å². The molecule has 1 aliphatic heterocycles. The first-order chi connectivity index (χ1) is 17.5. The van der Waals surface area contributed by atoms with Crippen molar-refractivity contribution >= 4 is 5.78 Å². The Morgan fingerprint density at radius 2 is 1.32 bits per heavy atom. The Balaban J connectivity index is 0.00000667. The van der Waals surface area contributed by atoms with Crippen molar-refractivity contribution in [2.45, 2.75) is 171 Å². The van der Waals surface area contributed by atoms with Crippen LogP contribution < -0.4 is 0 Å². The summed E-state index contributed by atoms with van der Waals surface area (Å²) in [5, 5.41) is 10.8. The molecule has 0 amide bonds. The predicted molar refractivity (Wildman–Crippen MR) is 163 cm³/mol. The van der Waals surface area contributed by atoms with E-state index in [2.05, 4.69) is 67.2 Å². The van der Waals surface area contributed by atoms with Gasteiger partial charge in [0.2, 0.25) is 0 Å². The summed E-state index contributed by atoms with van der Waals surface area (Å²) in [5.41, 5.74) is -1.55. The quantitative estimate of drug-likeness (QED) is 0.132. The molecule has 0 aromatic heterocycles. The predicted octanol–water partition coefficient (Wildman–Crippen LogP) is 8.21. The van der Waals surface area contributed by atoms with Gasteiger partial charge in [-0.25, -0.2) is 0 Å². The Bertz CT molecular complexity index is 637. The first-order valence-corrected chi connectivity index (χ1v) is 15.8. The molecule has 3 unspecified atom stereocenters. The van der Waals surface area contributed by atoms with Crippen LogP contribution in [0.25, 0.3) is 0 Å². The molecule has 0 aliphatic carbocycles. The fourth-order valence-electron chi connectivity index (χ4n) is 6.54. The van der Waals surface area contributed by atoms with Gasteiger partial charge in [0.05, 0.1) is 24.4 Å². The third kappa shape index (κ3) is 12.4. The first-order valence-electron chi connectivity index (χ1n) is 15.8. The molecule has 0 saturated carbocycles. The summed E-state index contributed by atoms with van der Waals surface area (Å²) in [6.45, 7) is 30.6. The van der Waals surface area contributed by atoms with Crippen LogP contribution in [-0.2, 0) is 14.3 Å². The molecular formula is C33H67NO4. The zero-order valence-electron chi connectivity index (χ0n) is 27.9. The molecule has 1 saturated heterocycles. The van der Waals surface area contributed by atoms with Gasteiger partial charge in [-0.2, -0.15) is 0 Å². The van der Waals surface area contributed by atoms with Crippen LogP contribution >= 0.6 is 0 Å². The molecule has 1 rings (SSSR count). The number of hydrogen-bond acceptors (Lipinski definition) is 5. The Morgan fingerprint density at radius 3 is 1.68 bits per heavy atom. The molecule has 0 spiro atoms. The number of carbonyl (C=O) groups excluding carboxylic acids is 1. The fraction of sp³-hybridized carbons (Fsp3) is 0.970. The molecule has 1 fully saturated rings. The van der Waals surface area contributed by atoms with E-state index in [1.807, 2.05) is 27.7 Å². The maximum absolute atomic E-state index is 13.1. The number of nitrogens with zero attached hydrogens (tertiary/aromatic N) is 1. The summed E-state index contributed by atoms with van der Waals surface area (Å²) in [5.74, 6) is 0.226. The van der Waals surface area contributed by atoms with Crippen LogP contribution in [0.2, 0.25) is 0 Å². The Morgan fingerprint density at radius 1 is 0.816 bits per heavy atom. The van der Waals surface area contributed by atoms with Gasteiger partial charge in [0, 0.05) is 25.6 Å². The normalized spacial score (nSPS) is 19.9. The molecule has 5 heteroatoms. The van der Waals surface area contributed by atoms with E-state index in [1.54, 1.807) is 0 Å². The zero-order chi connectivity index (χ0) is 29.8. The van der Waals surface area contributed by atoms with Crippen LogP contribution in [0, 0.1) is 10.8 Å². The highest BCUT2D eigenvalue weighted by atomic mass is 16.5. The highest BCUT2D eigenvalue weighted by molar-refractivity contribution is 5.87. The SMILES string of the molecule is CC.CCC(CC(C)(C)C)(CC(C)(C)O)CC(CC)(CC)OCCOC(CC)(CC)C(=O)CCN1CC1C. The second-order valence-electron chi connectivity index (χ2n) is 13.6. The summed E-state index contributed by atoms with van der Waals surface area (Å²) < 4.78 is 13.0. The molecule has 3 atom stereocenters. The topological polar surface area (TPSA) is 58.8 Å². The van der Waals surface area contributed by atoms with E-state index in [9.17, 15) is 9.90 Å². The van der Waals surface area contributed by atoms with E-state index >= 15 is 0 Å². The van der Waals surface area contributed by atoms with Gasteiger partial charge in [-0.15, -0.1) is 0 Å². The van der Waals surface area contributed by atoms with Crippen molar-refractivity contribution in [3.63, 3.8) is 0 Å². The van der Waals surface area contributed by atoms with Crippen LogP contribution in [-0.4, -0.2) is 64.9 Å². The van der Waals surface area contributed by atoms with Gasteiger partial charge >= 0.3 is 0 Å². The van der Waals surface area contributed by atoms with Crippen molar-refractivity contribution in [2.75, 3.05) is 26.3 Å². The Kier molecular flexibility index (Phi) is 15.9. The molecular weight excluding hydrogens is 474 g/mol. The smallest absolute Gasteiger partial charge is 0.165 e. The number of ether oxygens (including phenoxy) is 2. The lowest BCUT2D eigenvalue weighted by atomic mass is 9.62. The second kappa shape index (κ2) is 16.1. The Labute approximate surface area is 237 Å². The molecule has 0 radical (unpaired) electrons. The average molecular weight is 542 g/mol. The molecule has 1 heterocycles. The molecule has 0 bridgehead atoms. The van der Waals surface area contributed by atoms with E-state index in [0.717, 1.165) is 51.6 Å².